The van der Waals surface area contributed by atoms with Crippen molar-refractivity contribution in [1.29, 1.82) is 0 Å². The van der Waals surface area contributed by atoms with Gasteiger partial charge >= 0.3 is 0 Å². The molecular formula is C18H21ClN2O4S. The molecule has 0 bridgehead atoms. The van der Waals surface area contributed by atoms with Gasteiger partial charge in [0, 0.05) is 18.7 Å². The van der Waals surface area contributed by atoms with Gasteiger partial charge in [0.15, 0.2) is 0 Å². The number of halogens is 1. The van der Waals surface area contributed by atoms with Crippen molar-refractivity contribution in [1.82, 2.24) is 10.0 Å². The molecule has 0 aliphatic heterocycles. The second kappa shape index (κ2) is 9.68. The minimum Gasteiger partial charge on any atom is -0.383 e. The van der Waals surface area contributed by atoms with Gasteiger partial charge in [-0.05, 0) is 36.2 Å². The van der Waals surface area contributed by atoms with Gasteiger partial charge in [0.2, 0.25) is 15.9 Å². The molecule has 0 radical (unpaired) electrons. The second-order valence-corrected chi connectivity index (χ2v) is 7.75. The average molecular weight is 397 g/mol. The van der Waals surface area contributed by atoms with Crippen LogP contribution in [0.3, 0.4) is 0 Å². The maximum Gasteiger partial charge on any atom is 0.241 e. The van der Waals surface area contributed by atoms with Crippen molar-refractivity contribution in [2.45, 2.75) is 17.4 Å². The summed E-state index contributed by atoms with van der Waals surface area (Å²) in [5.41, 5.74) is 0.846. The third-order valence-electron chi connectivity index (χ3n) is 3.63. The number of nitrogens with one attached hydrogen (secondary N) is 2. The van der Waals surface area contributed by atoms with E-state index in [2.05, 4.69) is 10.0 Å². The Balaban J connectivity index is 2.19. The monoisotopic (exact) mass is 396 g/mol. The van der Waals surface area contributed by atoms with Gasteiger partial charge in [-0.2, -0.15) is 4.72 Å². The van der Waals surface area contributed by atoms with Crippen molar-refractivity contribution in [2.75, 3.05) is 20.3 Å². The zero-order chi connectivity index (χ0) is 19.0. The fourth-order valence-electron chi connectivity index (χ4n) is 2.31. The van der Waals surface area contributed by atoms with Crippen molar-refractivity contribution in [2.24, 2.45) is 0 Å². The first-order valence-corrected chi connectivity index (χ1v) is 9.87. The van der Waals surface area contributed by atoms with E-state index in [1.807, 2.05) is 30.3 Å². The number of sulfonamides is 1. The van der Waals surface area contributed by atoms with Crippen molar-refractivity contribution >= 4 is 27.5 Å². The lowest BCUT2D eigenvalue weighted by Gasteiger charge is -2.19. The second-order valence-electron chi connectivity index (χ2n) is 5.60. The van der Waals surface area contributed by atoms with Crippen LogP contribution in [0, 0.1) is 0 Å². The number of hydrogen-bond acceptors (Lipinski definition) is 4. The van der Waals surface area contributed by atoms with Gasteiger partial charge in [-0.15, -0.1) is 0 Å². The van der Waals surface area contributed by atoms with E-state index < -0.39 is 22.0 Å². The number of benzene rings is 2. The summed E-state index contributed by atoms with van der Waals surface area (Å²) < 4.78 is 32.6. The molecule has 1 amide bonds. The Bertz CT molecular complexity index is 811. The van der Waals surface area contributed by atoms with E-state index in [4.69, 9.17) is 16.3 Å². The van der Waals surface area contributed by atoms with Gasteiger partial charge in [0.1, 0.15) is 6.04 Å². The number of ether oxygens (including phenoxy) is 1. The molecule has 0 fully saturated rings. The Morgan fingerprint density at radius 2 is 1.77 bits per heavy atom. The summed E-state index contributed by atoms with van der Waals surface area (Å²) in [6.45, 7) is 0.636. The fourth-order valence-corrected chi connectivity index (χ4v) is 3.63. The first-order chi connectivity index (χ1) is 12.4. The Morgan fingerprint density at radius 1 is 1.12 bits per heavy atom. The molecule has 0 aliphatic rings. The van der Waals surface area contributed by atoms with Crippen LogP contribution in [0.2, 0.25) is 5.02 Å². The van der Waals surface area contributed by atoms with Gasteiger partial charge in [0.25, 0.3) is 0 Å². The van der Waals surface area contributed by atoms with Crippen LogP contribution < -0.4 is 10.0 Å². The van der Waals surface area contributed by atoms with Gasteiger partial charge in [-0.3, -0.25) is 4.79 Å². The predicted octanol–water partition coefficient (Wildman–Crippen LogP) is 1.99. The smallest absolute Gasteiger partial charge is 0.241 e. The lowest BCUT2D eigenvalue weighted by atomic mass is 10.1. The highest BCUT2D eigenvalue weighted by Crippen LogP contribution is 2.15. The number of methoxy groups -OCH3 is 1. The molecule has 140 valence electrons. The number of amides is 1. The number of rotatable bonds is 9. The first kappa shape index (κ1) is 20.4. The van der Waals surface area contributed by atoms with Crippen molar-refractivity contribution in [3.05, 3.63) is 65.2 Å². The maximum atomic E-state index is 12.6. The normalized spacial score (nSPS) is 12.5. The molecule has 2 N–H and O–H groups in total. The standard InChI is InChI=1S/C18H21ClN2O4S/c1-25-12-11-20-18(22)17(13-14-5-3-2-4-6-14)21-26(23,24)16-9-7-15(19)8-10-16/h2-10,17,21H,11-13H2,1H3,(H,20,22). The number of carbonyl (C=O) groups excluding carboxylic acids is 1. The largest absolute Gasteiger partial charge is 0.383 e. The van der Waals surface area contributed by atoms with E-state index in [0.29, 0.717) is 18.2 Å². The van der Waals surface area contributed by atoms with E-state index in [0.717, 1.165) is 5.56 Å². The summed E-state index contributed by atoms with van der Waals surface area (Å²) in [6, 6.07) is 14.0. The van der Waals surface area contributed by atoms with E-state index >= 15 is 0 Å². The molecule has 0 spiro atoms. The maximum absolute atomic E-state index is 12.6. The molecule has 0 aliphatic carbocycles. The highest BCUT2D eigenvalue weighted by Gasteiger charge is 2.25. The van der Waals surface area contributed by atoms with Crippen molar-refractivity contribution in [3.63, 3.8) is 0 Å². The fraction of sp³-hybridized carbons (Fsp3) is 0.278. The summed E-state index contributed by atoms with van der Waals surface area (Å²) in [5.74, 6) is -0.413. The molecule has 1 atom stereocenters. The van der Waals surface area contributed by atoms with Gasteiger partial charge in [0.05, 0.1) is 11.5 Å². The van der Waals surface area contributed by atoms with Gasteiger partial charge < -0.3 is 10.1 Å². The average Bonchev–Trinajstić information content (AvgIpc) is 2.62. The number of carbonyl (C=O) groups is 1. The molecular weight excluding hydrogens is 376 g/mol. The molecule has 8 heteroatoms. The molecule has 26 heavy (non-hydrogen) atoms. The lowest BCUT2D eigenvalue weighted by Crippen LogP contribution is -2.48. The van der Waals surface area contributed by atoms with Crippen LogP contribution in [0.4, 0.5) is 0 Å². The van der Waals surface area contributed by atoms with E-state index in [1.54, 1.807) is 0 Å². The van der Waals surface area contributed by atoms with Crippen LogP contribution in [0.5, 0.6) is 0 Å². The van der Waals surface area contributed by atoms with E-state index in [9.17, 15) is 13.2 Å². The van der Waals surface area contributed by atoms with Crippen molar-refractivity contribution < 1.29 is 17.9 Å². The van der Waals surface area contributed by atoms with Crippen LogP contribution >= 0.6 is 11.6 Å². The SMILES string of the molecule is COCCNC(=O)C(Cc1ccccc1)NS(=O)(=O)c1ccc(Cl)cc1. The van der Waals surface area contributed by atoms with E-state index in [1.165, 1.54) is 31.4 Å². The molecule has 0 heterocycles. The molecule has 2 aromatic carbocycles. The topological polar surface area (TPSA) is 84.5 Å². The van der Waals surface area contributed by atoms with Crippen LogP contribution in [0.15, 0.2) is 59.5 Å². The highest BCUT2D eigenvalue weighted by atomic mass is 35.5. The third kappa shape index (κ3) is 6.10. The first-order valence-electron chi connectivity index (χ1n) is 8.01. The minimum atomic E-state index is -3.87. The molecule has 2 aromatic rings. The summed E-state index contributed by atoms with van der Waals surface area (Å²) in [5, 5.41) is 3.11. The van der Waals surface area contributed by atoms with Crippen molar-refractivity contribution in [3.8, 4) is 0 Å². The van der Waals surface area contributed by atoms with Gasteiger partial charge in [-0.25, -0.2) is 8.42 Å². The quantitative estimate of drug-likeness (QED) is 0.635. The third-order valence-corrected chi connectivity index (χ3v) is 5.37. The lowest BCUT2D eigenvalue weighted by molar-refractivity contribution is -0.122. The van der Waals surface area contributed by atoms with Crippen LogP contribution in [-0.4, -0.2) is 40.6 Å². The Hall–Kier alpha value is -1.93. The predicted molar refractivity (Wildman–Crippen MR) is 101 cm³/mol. The molecule has 0 saturated carbocycles. The summed E-state index contributed by atoms with van der Waals surface area (Å²) in [7, 11) is -2.35. The highest BCUT2D eigenvalue weighted by molar-refractivity contribution is 7.89. The summed E-state index contributed by atoms with van der Waals surface area (Å²) in [6.07, 6.45) is 0.229. The minimum absolute atomic E-state index is 0.0460. The van der Waals surface area contributed by atoms with Crippen LogP contribution in [0.1, 0.15) is 5.56 Å². The van der Waals surface area contributed by atoms with Gasteiger partial charge in [-0.1, -0.05) is 41.9 Å². The zero-order valence-corrected chi connectivity index (χ0v) is 15.9. The Kier molecular flexibility index (Phi) is 7.59. The zero-order valence-electron chi connectivity index (χ0n) is 14.3. The van der Waals surface area contributed by atoms with E-state index in [-0.39, 0.29) is 11.3 Å². The molecule has 1 unspecified atom stereocenters. The summed E-state index contributed by atoms with van der Waals surface area (Å²) >= 11 is 5.81. The van der Waals surface area contributed by atoms with Crippen LogP contribution in [0.25, 0.3) is 0 Å². The molecule has 0 aromatic heterocycles. The number of hydrogen-bond donors (Lipinski definition) is 2. The molecule has 6 nitrogen and oxygen atoms in total. The Labute approximate surface area is 158 Å². The molecule has 0 saturated heterocycles. The molecule has 2 rings (SSSR count). The Morgan fingerprint density at radius 3 is 2.38 bits per heavy atom. The van der Waals surface area contributed by atoms with Crippen LogP contribution in [-0.2, 0) is 26.0 Å². The summed E-state index contributed by atoms with van der Waals surface area (Å²) in [4.78, 5) is 12.5.